The Balaban J connectivity index is 0.986. The second-order valence-electron chi connectivity index (χ2n) is 20.6. The van der Waals surface area contributed by atoms with Crippen LogP contribution in [0.15, 0.2) is 0 Å². The van der Waals surface area contributed by atoms with E-state index in [1.54, 1.807) is 103 Å². The van der Waals surface area contributed by atoms with Crippen LogP contribution in [-0.2, 0) is 0 Å². The molecule has 0 aromatic heterocycles. The quantitative estimate of drug-likeness (QED) is 0.262. The first-order valence-corrected chi connectivity index (χ1v) is 23.8. The van der Waals surface area contributed by atoms with Crippen molar-refractivity contribution < 1.29 is 0 Å². The Labute approximate surface area is 304 Å². The summed E-state index contributed by atoms with van der Waals surface area (Å²) in [5.74, 6) is 10.6. The summed E-state index contributed by atoms with van der Waals surface area (Å²) in [4.78, 5) is 3.33. The third kappa shape index (κ3) is 6.58. The van der Waals surface area contributed by atoms with Gasteiger partial charge >= 0.3 is 0 Å². The Kier molecular flexibility index (Phi) is 11.1. The topological polar surface area (TPSA) is 15.3 Å². The smallest absolute Gasteiger partial charge is 0.0133 e. The summed E-state index contributed by atoms with van der Waals surface area (Å²) in [6, 6.07) is 2.66. The molecule has 0 bridgehead atoms. The summed E-state index contributed by atoms with van der Waals surface area (Å²) in [7, 11) is 0. The molecule has 0 amide bonds. The van der Waals surface area contributed by atoms with Crippen molar-refractivity contribution in [2.24, 2.45) is 64.6 Å². The van der Waals surface area contributed by atoms with Gasteiger partial charge in [-0.1, -0.05) is 96.3 Å². The van der Waals surface area contributed by atoms with Crippen molar-refractivity contribution in [2.45, 2.75) is 217 Å². The van der Waals surface area contributed by atoms with E-state index in [1.165, 1.54) is 109 Å². The zero-order valence-electron chi connectivity index (χ0n) is 32.3. The molecule has 1 heterocycles. The van der Waals surface area contributed by atoms with Crippen LogP contribution in [0.5, 0.6) is 0 Å². The van der Waals surface area contributed by atoms with Crippen LogP contribution in [0.25, 0.3) is 0 Å². The van der Waals surface area contributed by atoms with Crippen LogP contribution in [0.4, 0.5) is 0 Å². The molecule has 278 valence electrons. The molecule has 9 rings (SSSR count). The summed E-state index contributed by atoms with van der Waals surface area (Å²) in [6.07, 6.45) is 48.1. The molecule has 2 heteroatoms. The van der Waals surface area contributed by atoms with Gasteiger partial charge in [-0.15, -0.1) is 0 Å². The van der Waals surface area contributed by atoms with E-state index >= 15 is 0 Å². The highest BCUT2D eigenvalue weighted by Gasteiger charge is 2.66. The summed E-state index contributed by atoms with van der Waals surface area (Å²) < 4.78 is 0. The fourth-order valence-electron chi connectivity index (χ4n) is 17.2. The average molecular weight is 673 g/mol. The van der Waals surface area contributed by atoms with Gasteiger partial charge in [-0.05, 0) is 174 Å². The van der Waals surface area contributed by atoms with Crippen LogP contribution in [-0.4, -0.2) is 36.1 Å². The maximum atomic E-state index is 4.37. The molecule has 8 saturated carbocycles. The Bertz CT molecular complexity index is 1010. The van der Waals surface area contributed by atoms with Crippen LogP contribution in [0.1, 0.15) is 199 Å². The molecule has 1 N–H and O–H groups in total. The third-order valence-electron chi connectivity index (χ3n) is 18.9. The van der Waals surface area contributed by atoms with Gasteiger partial charge in [0.25, 0.3) is 0 Å². The standard InChI is InChI=1S/C47H80N2/c1-4-16-34(17-5-1)33-48-44(35-18-6-2-7-19-35)30-31-49-45-27-15-12-24-40(45)41-29-28-37(32-46(41)49)47(36-20-8-3-9-21-36)42-25-13-10-22-38(42)39-23-11-14-26-43(39)47/h34-46,48H,1-33H2. The first-order valence-electron chi connectivity index (χ1n) is 23.8. The summed E-state index contributed by atoms with van der Waals surface area (Å²) in [5.41, 5.74) is 0.729. The zero-order chi connectivity index (χ0) is 32.6. The lowest BCUT2D eigenvalue weighted by Crippen LogP contribution is -2.53. The number of likely N-dealkylation sites (tertiary alicyclic amines) is 1. The highest BCUT2D eigenvalue weighted by Crippen LogP contribution is 2.72. The van der Waals surface area contributed by atoms with Gasteiger partial charge in [-0.3, -0.25) is 4.90 Å². The largest absolute Gasteiger partial charge is 0.313 e. The fraction of sp³-hybridized carbons (Fsp3) is 1.00. The molecule has 8 aliphatic carbocycles. The fourth-order valence-corrected chi connectivity index (χ4v) is 17.2. The van der Waals surface area contributed by atoms with Crippen LogP contribution < -0.4 is 5.32 Å². The van der Waals surface area contributed by atoms with E-state index in [0.29, 0.717) is 0 Å². The maximum absolute atomic E-state index is 4.37. The number of nitrogens with one attached hydrogen (secondary N) is 1. The number of rotatable bonds is 9. The van der Waals surface area contributed by atoms with Gasteiger partial charge in [-0.25, -0.2) is 0 Å². The van der Waals surface area contributed by atoms with E-state index in [1.807, 2.05) is 0 Å². The normalized spacial score (nSPS) is 44.9. The number of nitrogens with zero attached hydrogens (tertiary/aromatic N) is 1. The molecular weight excluding hydrogens is 593 g/mol. The van der Waals surface area contributed by atoms with E-state index in [-0.39, 0.29) is 0 Å². The highest BCUT2D eigenvalue weighted by molar-refractivity contribution is 5.15. The molecule has 10 unspecified atom stereocenters. The molecule has 1 saturated heterocycles. The molecule has 0 spiro atoms. The van der Waals surface area contributed by atoms with E-state index in [0.717, 1.165) is 82.7 Å². The Morgan fingerprint density at radius 1 is 0.469 bits per heavy atom. The molecule has 1 aliphatic heterocycles. The Morgan fingerprint density at radius 3 is 1.71 bits per heavy atom. The molecular formula is C47H80N2. The van der Waals surface area contributed by atoms with E-state index in [9.17, 15) is 0 Å². The summed E-state index contributed by atoms with van der Waals surface area (Å²) >= 11 is 0. The lowest BCUT2D eigenvalue weighted by molar-refractivity contribution is -0.0876. The monoisotopic (exact) mass is 673 g/mol. The number of fused-ring (bicyclic) bond motifs is 6. The summed E-state index contributed by atoms with van der Waals surface area (Å²) in [6.45, 7) is 2.76. The van der Waals surface area contributed by atoms with Crippen molar-refractivity contribution in [2.75, 3.05) is 13.1 Å². The number of hydrogen-bond donors (Lipinski definition) is 1. The van der Waals surface area contributed by atoms with Crippen molar-refractivity contribution in [3.63, 3.8) is 0 Å². The van der Waals surface area contributed by atoms with E-state index < -0.39 is 0 Å². The predicted molar refractivity (Wildman–Crippen MR) is 207 cm³/mol. The second kappa shape index (κ2) is 15.7. The van der Waals surface area contributed by atoms with Gasteiger partial charge in [-0.2, -0.15) is 0 Å². The number of hydrogen-bond acceptors (Lipinski definition) is 2. The molecule has 0 aromatic rings. The van der Waals surface area contributed by atoms with Crippen LogP contribution in [0.3, 0.4) is 0 Å². The van der Waals surface area contributed by atoms with Gasteiger partial charge in [0.1, 0.15) is 0 Å². The Hall–Kier alpha value is -0.0800. The van der Waals surface area contributed by atoms with Gasteiger partial charge < -0.3 is 5.32 Å². The minimum atomic E-state index is 0.729. The van der Waals surface area contributed by atoms with E-state index in [2.05, 4.69) is 10.2 Å². The SMILES string of the molecule is C1CCC(CNC(CCN2C3CCCCC3C3CCC(C4(C5CCCCC5)C5CCCCC5C5CCCCC54)CC32)C2CCCCC2)CC1. The summed E-state index contributed by atoms with van der Waals surface area (Å²) in [5, 5.41) is 4.37. The average Bonchev–Trinajstić information content (AvgIpc) is 3.66. The Morgan fingerprint density at radius 2 is 1.02 bits per heavy atom. The minimum Gasteiger partial charge on any atom is -0.313 e. The van der Waals surface area contributed by atoms with Gasteiger partial charge in [0.15, 0.2) is 0 Å². The van der Waals surface area contributed by atoms with Crippen LogP contribution >= 0.6 is 0 Å². The van der Waals surface area contributed by atoms with Crippen molar-refractivity contribution in [1.29, 1.82) is 0 Å². The van der Waals surface area contributed by atoms with E-state index in [4.69, 9.17) is 0 Å². The van der Waals surface area contributed by atoms with Gasteiger partial charge in [0.2, 0.25) is 0 Å². The molecule has 9 aliphatic rings. The van der Waals surface area contributed by atoms with Gasteiger partial charge in [0.05, 0.1) is 0 Å². The molecule has 2 nitrogen and oxygen atoms in total. The van der Waals surface area contributed by atoms with Gasteiger partial charge in [0, 0.05) is 24.7 Å². The molecule has 49 heavy (non-hydrogen) atoms. The lowest BCUT2D eigenvalue weighted by Gasteiger charge is -2.57. The second-order valence-corrected chi connectivity index (χ2v) is 20.6. The minimum absolute atomic E-state index is 0.729. The lowest BCUT2D eigenvalue weighted by atomic mass is 9.48. The first-order chi connectivity index (χ1) is 24.3. The predicted octanol–water partition coefficient (Wildman–Crippen LogP) is 12.3. The first kappa shape index (κ1) is 34.7. The van der Waals surface area contributed by atoms with Crippen molar-refractivity contribution in [3.05, 3.63) is 0 Å². The van der Waals surface area contributed by atoms with Crippen molar-refractivity contribution in [1.82, 2.24) is 10.2 Å². The third-order valence-corrected chi connectivity index (χ3v) is 18.9. The molecule has 0 radical (unpaired) electrons. The molecule has 10 atom stereocenters. The molecule has 0 aromatic carbocycles. The maximum Gasteiger partial charge on any atom is 0.0133 e. The van der Waals surface area contributed by atoms with Crippen LogP contribution in [0, 0.1) is 64.6 Å². The highest BCUT2D eigenvalue weighted by atomic mass is 15.2. The van der Waals surface area contributed by atoms with Crippen LogP contribution in [0.2, 0.25) is 0 Å². The van der Waals surface area contributed by atoms with Crippen molar-refractivity contribution in [3.8, 4) is 0 Å². The molecule has 9 fully saturated rings. The zero-order valence-corrected chi connectivity index (χ0v) is 32.3. The van der Waals surface area contributed by atoms with Crippen molar-refractivity contribution >= 4 is 0 Å².